The molecule has 2 heterocycles. The average Bonchev–Trinajstić information content (AvgIpc) is 3.06. The minimum absolute atomic E-state index is 0.0260. The molecule has 2 fully saturated rings. The van der Waals surface area contributed by atoms with Gasteiger partial charge in [0, 0.05) is 18.8 Å². The Balaban J connectivity index is 1.82. The van der Waals surface area contributed by atoms with E-state index in [0.29, 0.717) is 31.7 Å². The van der Waals surface area contributed by atoms with Crippen LogP contribution >= 0.6 is 0 Å². The van der Waals surface area contributed by atoms with Crippen molar-refractivity contribution < 1.29 is 22.6 Å². The molecule has 1 aromatic rings. The Labute approximate surface area is 133 Å². The summed E-state index contributed by atoms with van der Waals surface area (Å²) >= 11 is 0. The van der Waals surface area contributed by atoms with Crippen molar-refractivity contribution in [3.05, 3.63) is 17.5 Å². The van der Waals surface area contributed by atoms with Crippen molar-refractivity contribution in [1.29, 1.82) is 0 Å². The molecule has 0 aromatic carbocycles. The van der Waals surface area contributed by atoms with E-state index in [1.165, 1.54) is 6.07 Å². The standard InChI is InChI=1S/C16H23F3N2O2/c1-14(2,3)21-13(16(17,18)19)10-12(20-21)11-4-6-15(7-5-11)22-8-9-23-15/h10-11H,4-9H2,1-3H3. The molecule has 0 N–H and O–H groups in total. The second-order valence-corrected chi connectivity index (χ2v) is 7.42. The number of ether oxygens (including phenoxy) is 2. The number of alkyl halides is 3. The van der Waals surface area contributed by atoms with Crippen LogP contribution in [0, 0.1) is 0 Å². The maximum Gasteiger partial charge on any atom is 0.433 e. The van der Waals surface area contributed by atoms with Gasteiger partial charge in [0.05, 0.1) is 24.4 Å². The summed E-state index contributed by atoms with van der Waals surface area (Å²) < 4.78 is 52.4. The molecule has 0 bridgehead atoms. The van der Waals surface area contributed by atoms with Gasteiger partial charge in [-0.05, 0) is 39.7 Å². The highest BCUT2D eigenvalue weighted by Crippen LogP contribution is 2.43. The molecule has 0 amide bonds. The van der Waals surface area contributed by atoms with Crippen LogP contribution in [0.25, 0.3) is 0 Å². The largest absolute Gasteiger partial charge is 0.433 e. The molecule has 1 spiro atoms. The van der Waals surface area contributed by atoms with E-state index in [4.69, 9.17) is 9.47 Å². The Morgan fingerprint density at radius 2 is 1.70 bits per heavy atom. The number of aromatic nitrogens is 2. The number of hydrogen-bond donors (Lipinski definition) is 0. The van der Waals surface area contributed by atoms with Gasteiger partial charge in [0.25, 0.3) is 0 Å². The molecule has 23 heavy (non-hydrogen) atoms. The Morgan fingerprint density at radius 3 is 2.13 bits per heavy atom. The zero-order chi connectivity index (χ0) is 16.9. The maximum atomic E-state index is 13.3. The topological polar surface area (TPSA) is 36.3 Å². The monoisotopic (exact) mass is 332 g/mol. The van der Waals surface area contributed by atoms with Crippen LogP contribution in [-0.4, -0.2) is 28.8 Å². The SMILES string of the molecule is CC(C)(C)n1nc(C2CCC3(CC2)OCCO3)cc1C(F)(F)F. The van der Waals surface area contributed by atoms with Crippen LogP contribution in [-0.2, 0) is 21.2 Å². The second-order valence-electron chi connectivity index (χ2n) is 7.42. The minimum atomic E-state index is -4.40. The third-order valence-corrected chi connectivity index (χ3v) is 4.63. The third kappa shape index (κ3) is 3.26. The Hall–Kier alpha value is -1.08. The fourth-order valence-electron chi connectivity index (χ4n) is 3.45. The highest BCUT2D eigenvalue weighted by Gasteiger charge is 2.43. The van der Waals surface area contributed by atoms with Gasteiger partial charge in [0.2, 0.25) is 0 Å². The quantitative estimate of drug-likeness (QED) is 0.778. The summed E-state index contributed by atoms with van der Waals surface area (Å²) in [5.74, 6) is -0.478. The zero-order valence-corrected chi connectivity index (χ0v) is 13.7. The molecule has 1 aliphatic heterocycles. The number of halogens is 3. The zero-order valence-electron chi connectivity index (χ0n) is 13.7. The van der Waals surface area contributed by atoms with Crippen LogP contribution in [0.1, 0.15) is 63.8 Å². The van der Waals surface area contributed by atoms with Crippen molar-refractivity contribution >= 4 is 0 Å². The Morgan fingerprint density at radius 1 is 1.13 bits per heavy atom. The van der Waals surface area contributed by atoms with Gasteiger partial charge in [-0.15, -0.1) is 0 Å². The molecule has 0 atom stereocenters. The highest BCUT2D eigenvalue weighted by molar-refractivity contribution is 5.19. The normalized spacial score (nSPS) is 22.9. The molecule has 4 nitrogen and oxygen atoms in total. The molecule has 2 aliphatic rings. The van der Waals surface area contributed by atoms with Crippen LogP contribution in [0.2, 0.25) is 0 Å². The van der Waals surface area contributed by atoms with E-state index in [9.17, 15) is 13.2 Å². The highest BCUT2D eigenvalue weighted by atomic mass is 19.4. The summed E-state index contributed by atoms with van der Waals surface area (Å²) in [6, 6.07) is 1.21. The lowest BCUT2D eigenvalue weighted by Gasteiger charge is -2.34. The van der Waals surface area contributed by atoms with Crippen molar-refractivity contribution in [2.45, 2.75) is 69.9 Å². The lowest BCUT2D eigenvalue weighted by Crippen LogP contribution is -2.34. The maximum absolute atomic E-state index is 13.3. The molecule has 0 unspecified atom stereocenters. The van der Waals surface area contributed by atoms with Crippen molar-refractivity contribution in [3.63, 3.8) is 0 Å². The summed E-state index contributed by atoms with van der Waals surface area (Å²) in [6.07, 6.45) is -1.51. The first-order chi connectivity index (χ1) is 10.6. The minimum Gasteiger partial charge on any atom is -0.348 e. The van der Waals surface area contributed by atoms with Crippen LogP contribution in [0.4, 0.5) is 13.2 Å². The molecular formula is C16H23F3N2O2. The van der Waals surface area contributed by atoms with E-state index in [1.54, 1.807) is 20.8 Å². The molecule has 0 radical (unpaired) electrons. The van der Waals surface area contributed by atoms with E-state index in [-0.39, 0.29) is 5.92 Å². The van der Waals surface area contributed by atoms with Crippen molar-refractivity contribution in [2.24, 2.45) is 0 Å². The van der Waals surface area contributed by atoms with E-state index in [0.717, 1.165) is 17.5 Å². The molecular weight excluding hydrogens is 309 g/mol. The van der Waals surface area contributed by atoms with Gasteiger partial charge in [0.1, 0.15) is 5.69 Å². The third-order valence-electron chi connectivity index (χ3n) is 4.63. The molecule has 130 valence electrons. The first kappa shape index (κ1) is 16.8. The van der Waals surface area contributed by atoms with Crippen LogP contribution in [0.5, 0.6) is 0 Å². The number of rotatable bonds is 1. The molecule has 3 rings (SSSR count). The van der Waals surface area contributed by atoms with Crippen molar-refractivity contribution in [1.82, 2.24) is 9.78 Å². The Kier molecular flexibility index (Phi) is 3.99. The average molecular weight is 332 g/mol. The van der Waals surface area contributed by atoms with Crippen LogP contribution in [0.3, 0.4) is 0 Å². The lowest BCUT2D eigenvalue weighted by atomic mass is 9.83. The molecule has 1 saturated heterocycles. The van der Waals surface area contributed by atoms with Gasteiger partial charge >= 0.3 is 6.18 Å². The number of hydrogen-bond acceptors (Lipinski definition) is 3. The fraction of sp³-hybridized carbons (Fsp3) is 0.812. The van der Waals surface area contributed by atoms with Gasteiger partial charge in [-0.2, -0.15) is 18.3 Å². The van der Waals surface area contributed by atoms with E-state index in [1.807, 2.05) is 0 Å². The summed E-state index contributed by atoms with van der Waals surface area (Å²) in [4.78, 5) is 0. The van der Waals surface area contributed by atoms with Gasteiger partial charge in [-0.25, -0.2) is 0 Å². The van der Waals surface area contributed by atoms with Gasteiger partial charge in [0.15, 0.2) is 5.79 Å². The van der Waals surface area contributed by atoms with Gasteiger partial charge in [-0.1, -0.05) is 0 Å². The second kappa shape index (κ2) is 5.48. The molecule has 1 saturated carbocycles. The predicted molar refractivity (Wildman–Crippen MR) is 78.1 cm³/mol. The van der Waals surface area contributed by atoms with Crippen molar-refractivity contribution in [3.8, 4) is 0 Å². The first-order valence-electron chi connectivity index (χ1n) is 8.06. The van der Waals surface area contributed by atoms with Crippen molar-refractivity contribution in [2.75, 3.05) is 13.2 Å². The Bertz CT molecular complexity index is 527. The summed E-state index contributed by atoms with van der Waals surface area (Å²) in [7, 11) is 0. The summed E-state index contributed by atoms with van der Waals surface area (Å²) in [5.41, 5.74) is -0.856. The summed E-state index contributed by atoms with van der Waals surface area (Å²) in [5, 5.41) is 4.30. The molecule has 1 aromatic heterocycles. The molecule has 1 aliphatic carbocycles. The van der Waals surface area contributed by atoms with Gasteiger partial charge < -0.3 is 9.47 Å². The fourth-order valence-corrected chi connectivity index (χ4v) is 3.45. The smallest absolute Gasteiger partial charge is 0.348 e. The molecule has 7 heteroatoms. The summed E-state index contributed by atoms with van der Waals surface area (Å²) in [6.45, 7) is 6.39. The van der Waals surface area contributed by atoms with Gasteiger partial charge in [-0.3, -0.25) is 4.68 Å². The van der Waals surface area contributed by atoms with E-state index < -0.39 is 23.2 Å². The van der Waals surface area contributed by atoms with E-state index in [2.05, 4.69) is 5.10 Å². The van der Waals surface area contributed by atoms with E-state index >= 15 is 0 Å². The predicted octanol–water partition coefficient (Wildman–Crippen LogP) is 4.06. The van der Waals surface area contributed by atoms with Crippen LogP contribution < -0.4 is 0 Å². The first-order valence-corrected chi connectivity index (χ1v) is 8.06. The number of nitrogens with zero attached hydrogens (tertiary/aromatic N) is 2. The lowest BCUT2D eigenvalue weighted by molar-refractivity contribution is -0.179. The van der Waals surface area contributed by atoms with Crippen LogP contribution in [0.15, 0.2) is 6.07 Å².